The van der Waals surface area contributed by atoms with Gasteiger partial charge in [-0.1, -0.05) is 11.8 Å². The summed E-state index contributed by atoms with van der Waals surface area (Å²) in [4.78, 5) is 11.6. The molecule has 0 spiro atoms. The van der Waals surface area contributed by atoms with Crippen molar-refractivity contribution in [3.8, 4) is 11.8 Å². The van der Waals surface area contributed by atoms with Gasteiger partial charge in [0, 0.05) is 12.0 Å². The number of benzene rings is 1. The predicted molar refractivity (Wildman–Crippen MR) is 63.4 cm³/mol. The molecule has 1 rings (SSSR count). The van der Waals surface area contributed by atoms with E-state index in [0.717, 1.165) is 18.2 Å². The van der Waals surface area contributed by atoms with Crippen molar-refractivity contribution in [1.29, 1.82) is 0 Å². The number of halogens is 4. The van der Waals surface area contributed by atoms with E-state index >= 15 is 0 Å². The third-order valence-electron chi connectivity index (χ3n) is 2.14. The highest BCUT2D eigenvalue weighted by atomic mass is 19.4. The van der Waals surface area contributed by atoms with E-state index in [-0.39, 0.29) is 24.2 Å². The molecule has 0 bridgehead atoms. The van der Waals surface area contributed by atoms with Crippen LogP contribution in [0.15, 0.2) is 18.2 Å². The Morgan fingerprint density at radius 3 is 2.65 bits per heavy atom. The first-order valence-electron chi connectivity index (χ1n) is 5.57. The average molecular weight is 289 g/mol. The van der Waals surface area contributed by atoms with E-state index in [2.05, 4.69) is 11.8 Å². The molecule has 0 radical (unpaired) electrons. The van der Waals surface area contributed by atoms with Crippen LogP contribution in [-0.2, 0) is 0 Å². The predicted octanol–water partition coefficient (Wildman–Crippen LogP) is 1.85. The minimum atomic E-state index is -4.53. The van der Waals surface area contributed by atoms with Crippen LogP contribution in [0.4, 0.5) is 17.6 Å². The number of rotatable bonds is 3. The van der Waals surface area contributed by atoms with Crippen molar-refractivity contribution in [3.63, 3.8) is 0 Å². The van der Waals surface area contributed by atoms with Gasteiger partial charge in [0.05, 0.1) is 12.2 Å². The standard InChI is InChI=1S/C13H11F4NO2/c14-10-4-5-11(9(7-10)3-1-2-6-19)12(20)18-8-13(15,16)17/h4-5,7,19H,2,6,8H2,(H,18,20). The first-order valence-corrected chi connectivity index (χ1v) is 5.57. The Balaban J connectivity index is 2.94. The number of alkyl halides is 3. The van der Waals surface area contributed by atoms with Crippen LogP contribution in [0.25, 0.3) is 0 Å². The van der Waals surface area contributed by atoms with Crippen molar-refractivity contribution >= 4 is 5.91 Å². The second kappa shape index (κ2) is 6.91. The Kier molecular flexibility index (Phi) is 5.53. The number of aliphatic hydroxyl groups is 1. The first kappa shape index (κ1) is 16.0. The Morgan fingerprint density at radius 1 is 1.35 bits per heavy atom. The molecule has 0 heterocycles. The molecule has 0 aromatic heterocycles. The van der Waals surface area contributed by atoms with Gasteiger partial charge in [0.2, 0.25) is 0 Å². The van der Waals surface area contributed by atoms with Gasteiger partial charge in [-0.05, 0) is 18.2 Å². The molecule has 2 N–H and O–H groups in total. The van der Waals surface area contributed by atoms with E-state index in [0.29, 0.717) is 0 Å². The number of hydrogen-bond donors (Lipinski definition) is 2. The maximum absolute atomic E-state index is 13.1. The molecule has 0 aliphatic heterocycles. The van der Waals surface area contributed by atoms with E-state index in [1.807, 2.05) is 0 Å². The minimum absolute atomic E-state index is 0.0295. The highest BCUT2D eigenvalue weighted by Gasteiger charge is 2.28. The monoisotopic (exact) mass is 289 g/mol. The van der Waals surface area contributed by atoms with Gasteiger partial charge in [0.1, 0.15) is 12.4 Å². The summed E-state index contributed by atoms with van der Waals surface area (Å²) in [5.74, 6) is 3.27. The van der Waals surface area contributed by atoms with Crippen LogP contribution in [0, 0.1) is 17.7 Å². The quantitative estimate of drug-likeness (QED) is 0.659. The molecular weight excluding hydrogens is 278 g/mol. The zero-order valence-corrected chi connectivity index (χ0v) is 10.2. The second-order valence-electron chi connectivity index (χ2n) is 3.76. The van der Waals surface area contributed by atoms with Crippen molar-refractivity contribution < 1.29 is 27.5 Å². The molecule has 1 amide bonds. The van der Waals surface area contributed by atoms with Crippen molar-refractivity contribution in [3.05, 3.63) is 35.1 Å². The lowest BCUT2D eigenvalue weighted by atomic mass is 10.1. The molecule has 0 aliphatic rings. The van der Waals surface area contributed by atoms with Crippen LogP contribution >= 0.6 is 0 Å². The van der Waals surface area contributed by atoms with Gasteiger partial charge in [-0.25, -0.2) is 4.39 Å². The molecule has 7 heteroatoms. The maximum Gasteiger partial charge on any atom is 0.405 e. The Morgan fingerprint density at radius 2 is 2.05 bits per heavy atom. The van der Waals surface area contributed by atoms with Gasteiger partial charge >= 0.3 is 6.18 Å². The smallest absolute Gasteiger partial charge is 0.395 e. The van der Waals surface area contributed by atoms with Crippen LogP contribution in [-0.4, -0.2) is 30.3 Å². The number of carbonyl (C=O) groups is 1. The summed E-state index contributed by atoms with van der Waals surface area (Å²) < 4.78 is 49.1. The number of carbonyl (C=O) groups excluding carboxylic acids is 1. The summed E-state index contributed by atoms with van der Waals surface area (Å²) in [6, 6.07) is 2.97. The van der Waals surface area contributed by atoms with Gasteiger partial charge in [-0.15, -0.1) is 0 Å². The van der Waals surface area contributed by atoms with Crippen molar-refractivity contribution in [2.24, 2.45) is 0 Å². The number of aliphatic hydroxyl groups excluding tert-OH is 1. The third-order valence-corrected chi connectivity index (χ3v) is 2.14. The van der Waals surface area contributed by atoms with Crippen LogP contribution in [0.5, 0.6) is 0 Å². The van der Waals surface area contributed by atoms with E-state index < -0.39 is 24.4 Å². The first-order chi connectivity index (χ1) is 9.33. The fourth-order valence-corrected chi connectivity index (χ4v) is 1.31. The van der Waals surface area contributed by atoms with Crippen LogP contribution < -0.4 is 5.32 Å². The Labute approximate surface area is 112 Å². The Hall–Kier alpha value is -2.07. The molecule has 0 fully saturated rings. The third kappa shape index (κ3) is 5.28. The van der Waals surface area contributed by atoms with E-state index in [9.17, 15) is 22.4 Å². The average Bonchev–Trinajstić information content (AvgIpc) is 2.36. The topological polar surface area (TPSA) is 49.3 Å². The van der Waals surface area contributed by atoms with Gasteiger partial charge < -0.3 is 10.4 Å². The Bertz CT molecular complexity index is 544. The van der Waals surface area contributed by atoms with Crippen LogP contribution in [0.2, 0.25) is 0 Å². The number of hydrogen-bond acceptors (Lipinski definition) is 2. The van der Waals surface area contributed by atoms with Crippen molar-refractivity contribution in [2.75, 3.05) is 13.2 Å². The summed E-state index contributed by atoms with van der Waals surface area (Å²) in [6.45, 7) is -1.69. The summed E-state index contributed by atoms with van der Waals surface area (Å²) in [6.07, 6.45) is -4.42. The summed E-state index contributed by atoms with van der Waals surface area (Å²) in [7, 11) is 0. The lowest BCUT2D eigenvalue weighted by Gasteiger charge is -2.09. The highest BCUT2D eigenvalue weighted by Crippen LogP contribution is 2.14. The van der Waals surface area contributed by atoms with E-state index in [4.69, 9.17) is 5.11 Å². The molecule has 0 atom stereocenters. The molecule has 20 heavy (non-hydrogen) atoms. The van der Waals surface area contributed by atoms with Crippen LogP contribution in [0.3, 0.4) is 0 Å². The summed E-state index contributed by atoms with van der Waals surface area (Å²) in [5, 5.41) is 10.3. The van der Waals surface area contributed by atoms with Gasteiger partial charge in [-0.3, -0.25) is 4.79 Å². The SMILES string of the molecule is O=C(NCC(F)(F)F)c1ccc(F)cc1C#CCCO. The molecule has 0 unspecified atom stereocenters. The maximum atomic E-state index is 13.1. The van der Waals surface area contributed by atoms with Crippen LogP contribution in [0.1, 0.15) is 22.3 Å². The van der Waals surface area contributed by atoms with E-state index in [1.54, 1.807) is 5.32 Å². The second-order valence-corrected chi connectivity index (χ2v) is 3.76. The lowest BCUT2D eigenvalue weighted by Crippen LogP contribution is -2.34. The molecule has 0 aliphatic carbocycles. The molecule has 1 aromatic carbocycles. The normalized spacial score (nSPS) is 10.7. The number of amides is 1. The molecule has 0 saturated carbocycles. The summed E-state index contributed by atoms with van der Waals surface area (Å²) >= 11 is 0. The number of nitrogens with one attached hydrogen (secondary N) is 1. The van der Waals surface area contributed by atoms with E-state index in [1.165, 1.54) is 0 Å². The van der Waals surface area contributed by atoms with Crippen molar-refractivity contribution in [1.82, 2.24) is 5.32 Å². The fraction of sp³-hybridized carbons (Fsp3) is 0.308. The van der Waals surface area contributed by atoms with Crippen molar-refractivity contribution in [2.45, 2.75) is 12.6 Å². The lowest BCUT2D eigenvalue weighted by molar-refractivity contribution is -0.123. The largest absolute Gasteiger partial charge is 0.405 e. The van der Waals surface area contributed by atoms with Gasteiger partial charge in [-0.2, -0.15) is 13.2 Å². The minimum Gasteiger partial charge on any atom is -0.395 e. The fourth-order valence-electron chi connectivity index (χ4n) is 1.31. The zero-order valence-electron chi connectivity index (χ0n) is 10.2. The zero-order chi connectivity index (χ0) is 15.2. The molecule has 108 valence electrons. The highest BCUT2D eigenvalue weighted by molar-refractivity contribution is 5.96. The molecule has 0 saturated heterocycles. The van der Waals surface area contributed by atoms with Gasteiger partial charge in [0.25, 0.3) is 5.91 Å². The molecule has 3 nitrogen and oxygen atoms in total. The summed E-state index contributed by atoms with van der Waals surface area (Å²) in [5.41, 5.74) is -0.181. The molecular formula is C13H11F4NO2. The van der Waals surface area contributed by atoms with Gasteiger partial charge in [0.15, 0.2) is 0 Å². The molecule has 1 aromatic rings.